The van der Waals surface area contributed by atoms with Gasteiger partial charge in [0.15, 0.2) is 5.84 Å². The van der Waals surface area contributed by atoms with E-state index in [1.807, 2.05) is 17.5 Å². The van der Waals surface area contributed by atoms with Crippen molar-refractivity contribution in [3.8, 4) is 0 Å². The molecule has 2 rings (SSSR count). The van der Waals surface area contributed by atoms with E-state index in [1.165, 1.54) is 0 Å². The Bertz CT molecular complexity index is 493. The van der Waals surface area contributed by atoms with E-state index in [2.05, 4.69) is 24.3 Å². The Morgan fingerprint density at radius 2 is 2.25 bits per heavy atom. The summed E-state index contributed by atoms with van der Waals surface area (Å²) in [6.45, 7) is 4.14. The monoisotopic (exact) mass is 295 g/mol. The van der Waals surface area contributed by atoms with E-state index in [4.69, 9.17) is 10.9 Å². The van der Waals surface area contributed by atoms with Crippen LogP contribution < -0.4 is 11.1 Å². The molecule has 0 aliphatic heterocycles. The van der Waals surface area contributed by atoms with Gasteiger partial charge in [-0.1, -0.05) is 31.5 Å². The van der Waals surface area contributed by atoms with Gasteiger partial charge in [-0.3, -0.25) is 4.79 Å². The van der Waals surface area contributed by atoms with Crippen LogP contribution in [0, 0.1) is 11.3 Å². The number of nitrogens with zero attached hydrogens (tertiary/aromatic N) is 1. The molecule has 110 valence electrons. The Kier molecular flexibility index (Phi) is 4.32. The third-order valence-electron chi connectivity index (χ3n) is 4.04. The minimum absolute atomic E-state index is 0.0231. The largest absolute Gasteiger partial charge is 0.409 e. The van der Waals surface area contributed by atoms with Gasteiger partial charge in [-0.25, -0.2) is 0 Å². The highest BCUT2D eigenvalue weighted by Gasteiger charge is 2.49. The van der Waals surface area contributed by atoms with Crippen LogP contribution in [0.25, 0.3) is 0 Å². The summed E-state index contributed by atoms with van der Waals surface area (Å²) in [5.41, 5.74) is 4.91. The van der Waals surface area contributed by atoms with Gasteiger partial charge in [0.05, 0.1) is 6.04 Å². The fourth-order valence-corrected chi connectivity index (χ4v) is 3.49. The van der Waals surface area contributed by atoms with Crippen LogP contribution in [-0.4, -0.2) is 17.0 Å². The summed E-state index contributed by atoms with van der Waals surface area (Å²) < 4.78 is 0. The molecule has 4 N–H and O–H groups in total. The molecular formula is C14H21N3O2S. The standard InChI is InChI=1S/C14H21N3O2S/c1-9(2)11(10-5-3-8-20-10)16-13(18)14(6-4-7-14)12(15)17-19/h3,5,8-9,11,19H,4,6-7H2,1-2H3,(H2,15,17)(H,16,18). The summed E-state index contributed by atoms with van der Waals surface area (Å²) in [6, 6.07) is 3.96. The molecule has 20 heavy (non-hydrogen) atoms. The number of nitrogens with two attached hydrogens (primary N) is 1. The van der Waals surface area contributed by atoms with E-state index in [1.54, 1.807) is 11.3 Å². The third-order valence-corrected chi connectivity index (χ3v) is 5.00. The first-order valence-electron chi connectivity index (χ1n) is 6.83. The minimum Gasteiger partial charge on any atom is -0.409 e. The molecule has 1 fully saturated rings. The third kappa shape index (κ3) is 2.52. The van der Waals surface area contributed by atoms with Crippen molar-refractivity contribution in [2.24, 2.45) is 22.2 Å². The molecule has 1 aromatic heterocycles. The maximum atomic E-state index is 12.6. The molecule has 1 heterocycles. The zero-order valence-electron chi connectivity index (χ0n) is 11.8. The lowest BCUT2D eigenvalue weighted by atomic mass is 9.67. The first-order chi connectivity index (χ1) is 9.51. The number of amidine groups is 1. The van der Waals surface area contributed by atoms with Crippen molar-refractivity contribution in [2.45, 2.75) is 39.2 Å². The van der Waals surface area contributed by atoms with Gasteiger partial charge in [-0.2, -0.15) is 0 Å². The molecule has 0 bridgehead atoms. The Hall–Kier alpha value is -1.56. The molecule has 1 aliphatic rings. The first-order valence-corrected chi connectivity index (χ1v) is 7.71. The second-order valence-electron chi connectivity index (χ2n) is 5.63. The van der Waals surface area contributed by atoms with Crippen molar-refractivity contribution in [3.63, 3.8) is 0 Å². The van der Waals surface area contributed by atoms with E-state index in [-0.39, 0.29) is 23.7 Å². The number of thiophene rings is 1. The van der Waals surface area contributed by atoms with Crippen LogP contribution in [0.1, 0.15) is 44.0 Å². The van der Waals surface area contributed by atoms with Gasteiger partial charge >= 0.3 is 0 Å². The first kappa shape index (κ1) is 14.8. The minimum atomic E-state index is -0.820. The molecule has 5 nitrogen and oxygen atoms in total. The molecular weight excluding hydrogens is 274 g/mol. The van der Waals surface area contributed by atoms with Gasteiger partial charge in [0.1, 0.15) is 5.41 Å². The zero-order chi connectivity index (χ0) is 14.8. The lowest BCUT2D eigenvalue weighted by Crippen LogP contribution is -2.54. The van der Waals surface area contributed by atoms with E-state index in [0.29, 0.717) is 12.8 Å². The van der Waals surface area contributed by atoms with Gasteiger partial charge in [0.2, 0.25) is 5.91 Å². The van der Waals surface area contributed by atoms with E-state index >= 15 is 0 Å². The fraction of sp³-hybridized carbons (Fsp3) is 0.571. The highest BCUT2D eigenvalue weighted by Crippen LogP contribution is 2.42. The Labute approximate surface area is 122 Å². The molecule has 0 saturated heterocycles. The predicted molar refractivity (Wildman–Crippen MR) is 79.7 cm³/mol. The molecule has 1 amide bonds. The number of hydrogen-bond acceptors (Lipinski definition) is 4. The number of carbonyl (C=O) groups is 1. The molecule has 0 radical (unpaired) electrons. The lowest BCUT2D eigenvalue weighted by molar-refractivity contribution is -0.132. The van der Waals surface area contributed by atoms with Gasteiger partial charge in [-0.15, -0.1) is 11.3 Å². The summed E-state index contributed by atoms with van der Waals surface area (Å²) in [6.07, 6.45) is 2.21. The summed E-state index contributed by atoms with van der Waals surface area (Å²) in [5, 5.41) is 17.0. The van der Waals surface area contributed by atoms with Crippen LogP contribution in [-0.2, 0) is 4.79 Å². The molecule has 0 aromatic carbocycles. The van der Waals surface area contributed by atoms with Crippen molar-refractivity contribution in [1.29, 1.82) is 0 Å². The van der Waals surface area contributed by atoms with Crippen LogP contribution in [0.4, 0.5) is 0 Å². The van der Waals surface area contributed by atoms with Crippen molar-refractivity contribution < 1.29 is 10.0 Å². The van der Waals surface area contributed by atoms with Gasteiger partial charge in [0.25, 0.3) is 0 Å². The normalized spacial score (nSPS) is 19.4. The SMILES string of the molecule is CC(C)C(NC(=O)C1(/C(N)=N/O)CCC1)c1cccs1. The van der Waals surface area contributed by atoms with Crippen molar-refractivity contribution in [3.05, 3.63) is 22.4 Å². The molecule has 6 heteroatoms. The molecule has 1 unspecified atom stereocenters. The van der Waals surface area contributed by atoms with Crippen molar-refractivity contribution in [1.82, 2.24) is 5.32 Å². The Balaban J connectivity index is 2.17. The number of hydrogen-bond donors (Lipinski definition) is 3. The fourth-order valence-electron chi connectivity index (χ4n) is 2.54. The number of carbonyl (C=O) groups excluding carboxylic acids is 1. The van der Waals surface area contributed by atoms with Gasteiger partial charge < -0.3 is 16.3 Å². The number of amides is 1. The Morgan fingerprint density at radius 3 is 2.65 bits per heavy atom. The predicted octanol–water partition coefficient (Wildman–Crippen LogP) is 2.48. The second kappa shape index (κ2) is 5.83. The smallest absolute Gasteiger partial charge is 0.234 e. The molecule has 1 aliphatic carbocycles. The molecule has 1 atom stereocenters. The average Bonchev–Trinajstić information content (AvgIpc) is 2.87. The number of oxime groups is 1. The van der Waals surface area contributed by atoms with E-state index in [0.717, 1.165) is 11.3 Å². The highest BCUT2D eigenvalue weighted by atomic mass is 32.1. The lowest BCUT2D eigenvalue weighted by Gasteiger charge is -2.40. The summed E-state index contributed by atoms with van der Waals surface area (Å²) in [4.78, 5) is 13.7. The van der Waals surface area contributed by atoms with Crippen molar-refractivity contribution >= 4 is 23.1 Å². The summed E-state index contributed by atoms with van der Waals surface area (Å²) in [5.74, 6) is 0.170. The molecule has 1 saturated carbocycles. The Morgan fingerprint density at radius 1 is 1.55 bits per heavy atom. The van der Waals surface area contributed by atoms with Crippen LogP contribution in [0.3, 0.4) is 0 Å². The maximum Gasteiger partial charge on any atom is 0.234 e. The summed E-state index contributed by atoms with van der Waals surface area (Å²) in [7, 11) is 0. The second-order valence-corrected chi connectivity index (χ2v) is 6.61. The number of rotatable bonds is 5. The highest BCUT2D eigenvalue weighted by molar-refractivity contribution is 7.10. The average molecular weight is 295 g/mol. The van der Waals surface area contributed by atoms with Crippen LogP contribution in [0.15, 0.2) is 22.7 Å². The summed E-state index contributed by atoms with van der Waals surface area (Å²) >= 11 is 1.63. The maximum absolute atomic E-state index is 12.6. The van der Waals surface area contributed by atoms with Crippen LogP contribution in [0.5, 0.6) is 0 Å². The van der Waals surface area contributed by atoms with Gasteiger partial charge in [0, 0.05) is 4.88 Å². The van der Waals surface area contributed by atoms with Crippen LogP contribution in [0.2, 0.25) is 0 Å². The topological polar surface area (TPSA) is 87.7 Å². The molecule has 1 aromatic rings. The van der Waals surface area contributed by atoms with Gasteiger partial charge in [-0.05, 0) is 30.2 Å². The zero-order valence-corrected chi connectivity index (χ0v) is 12.6. The number of nitrogens with one attached hydrogen (secondary N) is 1. The van der Waals surface area contributed by atoms with E-state index < -0.39 is 5.41 Å². The molecule has 0 spiro atoms. The van der Waals surface area contributed by atoms with E-state index in [9.17, 15) is 4.79 Å². The van der Waals surface area contributed by atoms with Crippen molar-refractivity contribution in [2.75, 3.05) is 0 Å². The van der Waals surface area contributed by atoms with Crippen LogP contribution >= 0.6 is 11.3 Å². The quantitative estimate of drug-likeness (QED) is 0.337.